The molecule has 0 bridgehead atoms. The van der Waals surface area contributed by atoms with E-state index >= 15 is 0 Å². The summed E-state index contributed by atoms with van der Waals surface area (Å²) in [6.07, 6.45) is -1.92. The third kappa shape index (κ3) is 5.66. The average Bonchev–Trinajstić information content (AvgIpc) is 2.78. The fourth-order valence-electron chi connectivity index (χ4n) is 4.28. The monoisotopic (exact) mass is 630 g/mol. The van der Waals surface area contributed by atoms with Crippen LogP contribution in [0, 0.1) is 0 Å². The number of hydrogen-bond acceptors (Lipinski definition) is 0. The minimum Gasteiger partial charge on any atom is -0.194 e. The van der Waals surface area contributed by atoms with E-state index < -0.39 is 6.15 Å². The first kappa shape index (κ1) is 29.5. The molecule has 0 amide bonds. The third-order valence-electron chi connectivity index (χ3n) is 5.77. The molecule has 0 aliphatic rings. The van der Waals surface area contributed by atoms with Crippen LogP contribution in [-0.2, 0) is 0 Å². The molecule has 0 unspecified atom stereocenters. The van der Waals surface area contributed by atoms with Crippen LogP contribution in [0.5, 0.6) is 0 Å². The van der Waals surface area contributed by atoms with Crippen LogP contribution in [0.15, 0.2) is 72.8 Å². The van der Waals surface area contributed by atoms with Crippen LogP contribution in [0.1, 0.15) is 0 Å². The summed E-state index contributed by atoms with van der Waals surface area (Å²) in [5.41, 5.74) is 3.44. The Morgan fingerprint density at radius 3 is 0.706 bits per heavy atom. The van der Waals surface area contributed by atoms with Crippen molar-refractivity contribution in [1.29, 1.82) is 0 Å². The molecule has 4 aromatic rings. The van der Waals surface area contributed by atoms with E-state index in [2.05, 4.69) is 0 Å². The fraction of sp³-hybridized carbons (Fsp3) is 0. The maximum Gasteiger partial charge on any atom is 1.00 e. The Morgan fingerprint density at radius 2 is 0.529 bits per heavy atom. The van der Waals surface area contributed by atoms with E-state index in [-0.39, 0.29) is 51.4 Å². The standard InChI is InChI=1S/C24H12BCl8.K/c26-17-5-1-13(9-21(17)30)25(14-2-6-18(27)22(31)10-14,15-3-7-19(28)23(32)11-15)16-4-8-20(29)24(33)12-16;/h1-12H;/q-1;+1. The summed E-state index contributed by atoms with van der Waals surface area (Å²) in [5, 5.41) is 3.34. The summed E-state index contributed by atoms with van der Waals surface area (Å²) in [6.45, 7) is 0. The van der Waals surface area contributed by atoms with E-state index in [1.165, 1.54) is 0 Å². The molecule has 0 aromatic heterocycles. The third-order valence-corrected chi connectivity index (χ3v) is 8.73. The molecule has 0 fully saturated rings. The zero-order chi connectivity index (χ0) is 23.9. The molecule has 0 atom stereocenters. The summed E-state index contributed by atoms with van der Waals surface area (Å²) in [7, 11) is 0. The van der Waals surface area contributed by atoms with Gasteiger partial charge in [-0.15, -0.1) is 0 Å². The van der Waals surface area contributed by atoms with Crippen molar-refractivity contribution in [3.8, 4) is 0 Å². The van der Waals surface area contributed by atoms with E-state index in [0.29, 0.717) is 40.2 Å². The van der Waals surface area contributed by atoms with Crippen molar-refractivity contribution in [2.45, 2.75) is 0 Å². The topological polar surface area (TPSA) is 0 Å². The van der Waals surface area contributed by atoms with E-state index in [0.717, 1.165) is 21.9 Å². The van der Waals surface area contributed by atoms with Gasteiger partial charge >= 0.3 is 51.4 Å². The fourth-order valence-corrected chi connectivity index (χ4v) is 5.51. The van der Waals surface area contributed by atoms with Gasteiger partial charge in [0.15, 0.2) is 0 Å². The Balaban J connectivity index is 0.00000324. The molecule has 34 heavy (non-hydrogen) atoms. The predicted molar refractivity (Wildman–Crippen MR) is 150 cm³/mol. The molecule has 0 N–H and O–H groups in total. The summed E-state index contributed by atoms with van der Waals surface area (Å²) >= 11 is 51.0. The van der Waals surface area contributed by atoms with Crippen LogP contribution in [0.2, 0.25) is 40.2 Å². The van der Waals surface area contributed by atoms with Gasteiger partial charge in [0.25, 0.3) is 0 Å². The van der Waals surface area contributed by atoms with Crippen LogP contribution in [0.25, 0.3) is 0 Å². The van der Waals surface area contributed by atoms with Gasteiger partial charge in [0.05, 0.1) is 40.2 Å². The van der Waals surface area contributed by atoms with E-state index in [9.17, 15) is 0 Å². The van der Waals surface area contributed by atoms with E-state index in [1.54, 1.807) is 24.3 Å². The average molecular weight is 634 g/mol. The van der Waals surface area contributed by atoms with Crippen molar-refractivity contribution in [2.75, 3.05) is 0 Å². The molecule has 0 saturated heterocycles. The van der Waals surface area contributed by atoms with Crippen LogP contribution < -0.4 is 73.2 Å². The number of hydrogen-bond donors (Lipinski definition) is 0. The maximum atomic E-state index is 6.49. The van der Waals surface area contributed by atoms with Crippen molar-refractivity contribution in [2.24, 2.45) is 0 Å². The summed E-state index contributed by atoms with van der Waals surface area (Å²) in [4.78, 5) is 0. The predicted octanol–water partition coefficient (Wildman–Crippen LogP) is 5.30. The summed E-state index contributed by atoms with van der Waals surface area (Å²) in [6, 6.07) is 22.0. The SMILES string of the molecule is Clc1ccc([B-](c2ccc(Cl)c(Cl)c2)(c2ccc(Cl)c(Cl)c2)c2ccc(Cl)c(Cl)c2)cc1Cl.[K+]. The second-order valence-corrected chi connectivity index (χ2v) is 10.8. The van der Waals surface area contributed by atoms with Gasteiger partial charge in [0.2, 0.25) is 0 Å². The molecule has 0 radical (unpaired) electrons. The quantitative estimate of drug-likeness (QED) is 0.268. The minimum absolute atomic E-state index is 0. The second kappa shape index (κ2) is 12.2. The van der Waals surface area contributed by atoms with Gasteiger partial charge in [-0.2, -0.15) is 21.9 Å². The van der Waals surface area contributed by atoms with Gasteiger partial charge in [0, 0.05) is 0 Å². The molecule has 4 rings (SSSR count). The molecule has 0 heterocycles. The first-order valence-corrected chi connectivity index (χ1v) is 12.6. The Kier molecular flexibility index (Phi) is 10.5. The van der Waals surface area contributed by atoms with Crippen LogP contribution in [-0.4, -0.2) is 6.15 Å². The van der Waals surface area contributed by atoms with Gasteiger partial charge < -0.3 is 0 Å². The molecule has 0 aliphatic carbocycles. The Bertz CT molecular complexity index is 1160. The Labute approximate surface area is 281 Å². The molecule has 4 aromatic carbocycles. The van der Waals surface area contributed by atoms with Crippen molar-refractivity contribution < 1.29 is 51.4 Å². The van der Waals surface area contributed by atoms with Crippen molar-refractivity contribution in [3.05, 3.63) is 113 Å². The zero-order valence-electron chi connectivity index (χ0n) is 17.5. The smallest absolute Gasteiger partial charge is 0.194 e. The molecule has 0 saturated carbocycles. The van der Waals surface area contributed by atoms with Crippen LogP contribution in [0.4, 0.5) is 0 Å². The molecule has 168 valence electrons. The van der Waals surface area contributed by atoms with E-state index in [4.69, 9.17) is 92.8 Å². The first-order chi connectivity index (χ1) is 15.6. The molecule has 10 heteroatoms. The van der Waals surface area contributed by atoms with Gasteiger partial charge in [-0.25, -0.2) is 0 Å². The second-order valence-electron chi connectivity index (χ2n) is 7.56. The number of rotatable bonds is 4. The molecule has 0 spiro atoms. The van der Waals surface area contributed by atoms with Gasteiger partial charge in [-0.05, 0) is 24.3 Å². The van der Waals surface area contributed by atoms with Crippen molar-refractivity contribution in [3.63, 3.8) is 0 Å². The minimum atomic E-state index is -1.92. The molecule has 0 aliphatic heterocycles. The van der Waals surface area contributed by atoms with E-state index in [1.807, 2.05) is 48.5 Å². The van der Waals surface area contributed by atoms with Gasteiger partial charge in [0.1, 0.15) is 6.15 Å². The molecular formula is C24H12BCl8K. The van der Waals surface area contributed by atoms with Crippen LogP contribution in [0.3, 0.4) is 0 Å². The largest absolute Gasteiger partial charge is 1.00 e. The van der Waals surface area contributed by atoms with Crippen molar-refractivity contribution >= 4 is 121 Å². The molecule has 0 nitrogen and oxygen atoms in total. The Hall–Kier alpha value is 0.901. The zero-order valence-corrected chi connectivity index (χ0v) is 26.7. The summed E-state index contributed by atoms with van der Waals surface area (Å²) < 4.78 is 0. The summed E-state index contributed by atoms with van der Waals surface area (Å²) in [5.74, 6) is 0. The van der Waals surface area contributed by atoms with Gasteiger partial charge in [-0.1, -0.05) is 141 Å². The number of benzene rings is 4. The van der Waals surface area contributed by atoms with Gasteiger partial charge in [-0.3, -0.25) is 0 Å². The van der Waals surface area contributed by atoms with Crippen molar-refractivity contribution in [1.82, 2.24) is 0 Å². The normalized spacial score (nSPS) is 11.3. The Morgan fingerprint density at radius 1 is 0.324 bits per heavy atom. The maximum absolute atomic E-state index is 6.49. The number of halogens is 8. The molecular weight excluding hydrogens is 622 g/mol. The first-order valence-electron chi connectivity index (χ1n) is 9.62. The van der Waals surface area contributed by atoms with Crippen LogP contribution >= 0.6 is 92.8 Å².